The Morgan fingerprint density at radius 3 is 3.14 bits per heavy atom. The van der Waals surface area contributed by atoms with Crippen LogP contribution < -0.4 is 4.90 Å². The van der Waals surface area contributed by atoms with Crippen LogP contribution in [0.25, 0.3) is 10.2 Å². The van der Waals surface area contributed by atoms with Crippen molar-refractivity contribution in [1.82, 2.24) is 9.97 Å². The molecule has 2 heterocycles. The van der Waals surface area contributed by atoms with Gasteiger partial charge in [0.1, 0.15) is 17.0 Å². The largest absolute Gasteiger partial charge is 0.395 e. The summed E-state index contributed by atoms with van der Waals surface area (Å²) in [4.78, 5) is 11.3. The summed E-state index contributed by atoms with van der Waals surface area (Å²) >= 11 is 1.60. The van der Waals surface area contributed by atoms with Crippen molar-refractivity contribution in [2.75, 3.05) is 25.1 Å². The zero-order valence-electron chi connectivity index (χ0n) is 7.84. The van der Waals surface area contributed by atoms with Crippen LogP contribution >= 0.6 is 11.3 Å². The first-order valence-corrected chi connectivity index (χ1v) is 5.21. The molecule has 14 heavy (non-hydrogen) atoms. The fourth-order valence-corrected chi connectivity index (χ4v) is 2.06. The van der Waals surface area contributed by atoms with Crippen LogP contribution in [-0.4, -0.2) is 35.3 Å². The maximum Gasteiger partial charge on any atom is 0.140 e. The molecule has 0 radical (unpaired) electrons. The number of aromatic nitrogens is 2. The molecule has 0 amide bonds. The lowest BCUT2D eigenvalue weighted by Gasteiger charge is -2.16. The Labute approximate surface area is 85.8 Å². The topological polar surface area (TPSA) is 49.2 Å². The highest BCUT2D eigenvalue weighted by Gasteiger charge is 2.08. The van der Waals surface area contributed by atoms with E-state index in [1.807, 2.05) is 23.4 Å². The second-order valence-corrected chi connectivity index (χ2v) is 3.88. The lowest BCUT2D eigenvalue weighted by Crippen LogP contribution is -2.22. The van der Waals surface area contributed by atoms with Gasteiger partial charge in [0.25, 0.3) is 0 Å². The van der Waals surface area contributed by atoms with Gasteiger partial charge < -0.3 is 10.0 Å². The number of rotatable bonds is 3. The summed E-state index contributed by atoms with van der Waals surface area (Å²) in [5, 5.41) is 11.9. The number of hydrogen-bond donors (Lipinski definition) is 1. The molecule has 0 aliphatic carbocycles. The Bertz CT molecular complexity index is 429. The standard InChI is InChI=1S/C9H11N3OS/c1-12(3-4-13)8-7-2-5-14-9(7)11-6-10-8/h2,5-6,13H,3-4H2,1H3. The summed E-state index contributed by atoms with van der Waals surface area (Å²) in [6, 6.07) is 2.00. The van der Waals surface area contributed by atoms with E-state index in [2.05, 4.69) is 9.97 Å². The number of aliphatic hydroxyl groups excluding tert-OH is 1. The van der Waals surface area contributed by atoms with E-state index in [0.29, 0.717) is 6.54 Å². The predicted molar refractivity (Wildman–Crippen MR) is 57.8 cm³/mol. The molecule has 0 fully saturated rings. The summed E-state index contributed by atoms with van der Waals surface area (Å²) in [7, 11) is 1.91. The highest BCUT2D eigenvalue weighted by atomic mass is 32.1. The van der Waals surface area contributed by atoms with Gasteiger partial charge in [0.15, 0.2) is 0 Å². The van der Waals surface area contributed by atoms with Crippen LogP contribution in [0.5, 0.6) is 0 Å². The van der Waals surface area contributed by atoms with Crippen molar-refractivity contribution in [2.24, 2.45) is 0 Å². The molecule has 2 aromatic heterocycles. The van der Waals surface area contributed by atoms with Crippen molar-refractivity contribution >= 4 is 27.4 Å². The van der Waals surface area contributed by atoms with Gasteiger partial charge in [0.05, 0.1) is 12.0 Å². The second kappa shape index (κ2) is 3.89. The van der Waals surface area contributed by atoms with E-state index in [0.717, 1.165) is 16.0 Å². The minimum Gasteiger partial charge on any atom is -0.395 e. The molecular formula is C9H11N3OS. The van der Waals surface area contributed by atoms with E-state index in [9.17, 15) is 0 Å². The minimum atomic E-state index is 0.131. The molecule has 2 aromatic rings. The molecule has 0 saturated heterocycles. The zero-order chi connectivity index (χ0) is 9.97. The van der Waals surface area contributed by atoms with Gasteiger partial charge >= 0.3 is 0 Å². The smallest absolute Gasteiger partial charge is 0.140 e. The Hall–Kier alpha value is -1.20. The Morgan fingerprint density at radius 2 is 2.36 bits per heavy atom. The molecule has 74 valence electrons. The first-order chi connectivity index (χ1) is 6.83. The van der Waals surface area contributed by atoms with Gasteiger partial charge in [0.2, 0.25) is 0 Å². The number of nitrogens with zero attached hydrogens (tertiary/aromatic N) is 3. The summed E-state index contributed by atoms with van der Waals surface area (Å²) in [6.07, 6.45) is 1.56. The number of anilines is 1. The van der Waals surface area contributed by atoms with Gasteiger partial charge in [-0.2, -0.15) is 0 Å². The minimum absolute atomic E-state index is 0.131. The van der Waals surface area contributed by atoms with Crippen LogP contribution in [0, 0.1) is 0 Å². The molecule has 0 aliphatic heterocycles. The molecule has 0 bridgehead atoms. The van der Waals surface area contributed by atoms with Crippen LogP contribution in [-0.2, 0) is 0 Å². The fraction of sp³-hybridized carbons (Fsp3) is 0.333. The Balaban J connectivity index is 2.45. The van der Waals surface area contributed by atoms with Crippen LogP contribution in [0.3, 0.4) is 0 Å². The third-order valence-corrected chi connectivity index (χ3v) is 2.86. The van der Waals surface area contributed by atoms with E-state index < -0.39 is 0 Å². The van der Waals surface area contributed by atoms with Crippen molar-refractivity contribution in [3.05, 3.63) is 17.8 Å². The molecule has 0 aromatic carbocycles. The number of thiophene rings is 1. The van der Waals surface area contributed by atoms with Gasteiger partial charge in [-0.1, -0.05) is 0 Å². The predicted octanol–water partition coefficient (Wildman–Crippen LogP) is 1.12. The molecule has 5 heteroatoms. The molecule has 2 rings (SSSR count). The third-order valence-electron chi connectivity index (χ3n) is 2.04. The average molecular weight is 209 g/mol. The number of fused-ring (bicyclic) bond motifs is 1. The van der Waals surface area contributed by atoms with Gasteiger partial charge in [-0.05, 0) is 11.4 Å². The zero-order valence-corrected chi connectivity index (χ0v) is 8.66. The quantitative estimate of drug-likeness (QED) is 0.823. The van der Waals surface area contributed by atoms with E-state index in [1.165, 1.54) is 0 Å². The normalized spacial score (nSPS) is 10.7. The van der Waals surface area contributed by atoms with Crippen molar-refractivity contribution in [3.63, 3.8) is 0 Å². The van der Waals surface area contributed by atoms with Crippen LogP contribution in [0.1, 0.15) is 0 Å². The fourth-order valence-electron chi connectivity index (χ4n) is 1.34. The van der Waals surface area contributed by atoms with E-state index >= 15 is 0 Å². The van der Waals surface area contributed by atoms with Gasteiger partial charge in [0, 0.05) is 13.6 Å². The highest BCUT2D eigenvalue weighted by Crippen LogP contribution is 2.25. The molecule has 0 saturated carbocycles. The summed E-state index contributed by atoms with van der Waals surface area (Å²) in [6.45, 7) is 0.716. The lowest BCUT2D eigenvalue weighted by molar-refractivity contribution is 0.304. The lowest BCUT2D eigenvalue weighted by atomic mass is 10.3. The van der Waals surface area contributed by atoms with Crippen molar-refractivity contribution < 1.29 is 5.11 Å². The van der Waals surface area contributed by atoms with E-state index in [-0.39, 0.29) is 6.61 Å². The molecule has 0 unspecified atom stereocenters. The molecule has 0 atom stereocenters. The third kappa shape index (κ3) is 1.56. The van der Waals surface area contributed by atoms with E-state index in [1.54, 1.807) is 17.7 Å². The second-order valence-electron chi connectivity index (χ2n) is 2.98. The average Bonchev–Trinajstić information content (AvgIpc) is 2.65. The number of hydrogen-bond acceptors (Lipinski definition) is 5. The molecule has 4 nitrogen and oxygen atoms in total. The summed E-state index contributed by atoms with van der Waals surface area (Å²) < 4.78 is 0. The van der Waals surface area contributed by atoms with Gasteiger partial charge in [-0.15, -0.1) is 11.3 Å². The van der Waals surface area contributed by atoms with Gasteiger partial charge in [-0.3, -0.25) is 0 Å². The number of aliphatic hydroxyl groups is 1. The molecular weight excluding hydrogens is 198 g/mol. The number of likely N-dealkylation sites (N-methyl/N-ethyl adjacent to an activating group) is 1. The van der Waals surface area contributed by atoms with Crippen molar-refractivity contribution in [1.29, 1.82) is 0 Å². The molecule has 1 N–H and O–H groups in total. The summed E-state index contributed by atoms with van der Waals surface area (Å²) in [5.74, 6) is 0.880. The molecule has 0 aliphatic rings. The monoisotopic (exact) mass is 209 g/mol. The highest BCUT2D eigenvalue weighted by molar-refractivity contribution is 7.16. The maximum atomic E-state index is 8.84. The Morgan fingerprint density at radius 1 is 1.50 bits per heavy atom. The van der Waals surface area contributed by atoms with Gasteiger partial charge in [-0.25, -0.2) is 9.97 Å². The first kappa shape index (κ1) is 9.36. The van der Waals surface area contributed by atoms with Crippen LogP contribution in [0.4, 0.5) is 5.82 Å². The van der Waals surface area contributed by atoms with Crippen molar-refractivity contribution in [2.45, 2.75) is 0 Å². The summed E-state index contributed by atoms with van der Waals surface area (Å²) in [5.41, 5.74) is 0. The Kier molecular flexibility index (Phi) is 2.60. The van der Waals surface area contributed by atoms with Crippen LogP contribution in [0.15, 0.2) is 17.8 Å². The van der Waals surface area contributed by atoms with Crippen LogP contribution in [0.2, 0.25) is 0 Å². The van der Waals surface area contributed by atoms with E-state index in [4.69, 9.17) is 5.11 Å². The maximum absolute atomic E-state index is 8.84. The first-order valence-electron chi connectivity index (χ1n) is 4.33. The SMILES string of the molecule is CN(CCO)c1ncnc2sccc12. The molecule has 0 spiro atoms. The van der Waals surface area contributed by atoms with Crippen molar-refractivity contribution in [3.8, 4) is 0 Å².